The average Bonchev–Trinajstić information content (AvgIpc) is 2.10. The molecule has 2 heteroatoms. The van der Waals surface area contributed by atoms with Gasteiger partial charge in [0.25, 0.3) is 0 Å². The second-order valence-corrected chi connectivity index (χ2v) is 2.95. The maximum atomic E-state index is 5.14. The van der Waals surface area contributed by atoms with Gasteiger partial charge in [-0.3, -0.25) is 0 Å². The van der Waals surface area contributed by atoms with E-state index in [9.17, 15) is 0 Å². The van der Waals surface area contributed by atoms with Crippen LogP contribution in [0.4, 0.5) is 0 Å². The van der Waals surface area contributed by atoms with Gasteiger partial charge in [0, 0.05) is 0 Å². The van der Waals surface area contributed by atoms with Crippen LogP contribution in [-0.2, 0) is 0 Å². The maximum absolute atomic E-state index is 5.14. The minimum absolute atomic E-state index is 0.844. The van der Waals surface area contributed by atoms with Crippen LogP contribution in [0.2, 0.25) is 0 Å². The molecule has 0 bridgehead atoms. The summed E-state index contributed by atoms with van der Waals surface area (Å²) in [5.41, 5.74) is 5.14. The number of hydrogen-bond acceptors (Lipinski definition) is 2. The molecule has 0 spiro atoms. The van der Waals surface area contributed by atoms with Crippen molar-refractivity contribution in [2.75, 3.05) is 19.6 Å². The first-order chi connectivity index (χ1) is 5.41. The molecule has 2 nitrogen and oxygen atoms in total. The van der Waals surface area contributed by atoms with Gasteiger partial charge in [-0.05, 0) is 38.9 Å². The lowest BCUT2D eigenvalue weighted by molar-refractivity contribution is 0.520. The number of nitrogens with one attached hydrogen (secondary N) is 1. The molecule has 1 rings (SSSR count). The zero-order valence-electron chi connectivity index (χ0n) is 7.73. The van der Waals surface area contributed by atoms with Crippen LogP contribution in [0, 0.1) is 0 Å². The minimum atomic E-state index is 0.844. The van der Waals surface area contributed by atoms with Crippen molar-refractivity contribution in [3.8, 4) is 0 Å². The van der Waals surface area contributed by atoms with Crippen molar-refractivity contribution in [3.63, 3.8) is 0 Å². The van der Waals surface area contributed by atoms with E-state index in [0.29, 0.717) is 0 Å². The zero-order valence-corrected chi connectivity index (χ0v) is 7.73. The smallest absolute Gasteiger partial charge is 0.00489 e. The Morgan fingerprint density at radius 3 is 1.91 bits per heavy atom. The van der Waals surface area contributed by atoms with Crippen molar-refractivity contribution in [3.05, 3.63) is 0 Å². The summed E-state index contributed by atoms with van der Waals surface area (Å²) in [5, 5.41) is 3.28. The molecule has 1 aliphatic heterocycles. The van der Waals surface area contributed by atoms with E-state index in [1.54, 1.807) is 0 Å². The number of unbranched alkanes of at least 4 members (excludes halogenated alkanes) is 1. The van der Waals surface area contributed by atoms with Crippen LogP contribution in [0.15, 0.2) is 0 Å². The summed E-state index contributed by atoms with van der Waals surface area (Å²) >= 11 is 0. The van der Waals surface area contributed by atoms with Crippen molar-refractivity contribution in [2.45, 2.75) is 39.0 Å². The number of nitrogens with two attached hydrogens (primary N) is 1. The molecule has 3 N–H and O–H groups in total. The van der Waals surface area contributed by atoms with E-state index in [2.05, 4.69) is 12.2 Å². The van der Waals surface area contributed by atoms with Gasteiger partial charge in [-0.25, -0.2) is 0 Å². The van der Waals surface area contributed by atoms with Crippen LogP contribution in [-0.4, -0.2) is 19.6 Å². The standard InChI is InChI=1S/C5H11N.C4H11N/c1-2-4-6-5-3-1;1-2-3-4-5/h6H,1-5H2;2-5H2,1H3. The molecule has 1 saturated heterocycles. The van der Waals surface area contributed by atoms with Crippen LogP contribution in [0.3, 0.4) is 0 Å². The van der Waals surface area contributed by atoms with E-state index in [1.807, 2.05) is 0 Å². The first-order valence-corrected chi connectivity index (χ1v) is 4.82. The average molecular weight is 158 g/mol. The molecule has 0 atom stereocenters. The molecule has 1 heterocycles. The topological polar surface area (TPSA) is 38.0 Å². The monoisotopic (exact) mass is 158 g/mol. The third-order valence-electron chi connectivity index (χ3n) is 1.76. The lowest BCUT2D eigenvalue weighted by Gasteiger charge is -2.08. The predicted octanol–water partition coefficient (Wildman–Crippen LogP) is 1.51. The quantitative estimate of drug-likeness (QED) is 0.639. The summed E-state index contributed by atoms with van der Waals surface area (Å²) in [4.78, 5) is 0. The SMILES string of the molecule is C1CCNCC1.CCCCN. The Hall–Kier alpha value is -0.0800. The molecule has 0 aromatic heterocycles. The van der Waals surface area contributed by atoms with Crippen molar-refractivity contribution in [1.29, 1.82) is 0 Å². The Labute approximate surface area is 70.5 Å². The number of hydrogen-bond donors (Lipinski definition) is 2. The van der Waals surface area contributed by atoms with Crippen LogP contribution in [0.25, 0.3) is 0 Å². The van der Waals surface area contributed by atoms with Gasteiger partial charge < -0.3 is 11.1 Å². The highest BCUT2D eigenvalue weighted by atomic mass is 14.9. The maximum Gasteiger partial charge on any atom is -0.00489 e. The Morgan fingerprint density at radius 1 is 1.18 bits per heavy atom. The van der Waals surface area contributed by atoms with E-state index >= 15 is 0 Å². The molecule has 0 aromatic carbocycles. The Kier molecular flexibility index (Phi) is 9.85. The van der Waals surface area contributed by atoms with E-state index in [1.165, 1.54) is 45.2 Å². The summed E-state index contributed by atoms with van der Waals surface area (Å²) in [6.07, 6.45) is 6.60. The molecule has 0 unspecified atom stereocenters. The lowest BCUT2D eigenvalue weighted by atomic mass is 10.2. The fourth-order valence-corrected chi connectivity index (χ4v) is 1.01. The zero-order chi connectivity index (χ0) is 8.36. The second kappa shape index (κ2) is 9.92. The van der Waals surface area contributed by atoms with Crippen molar-refractivity contribution >= 4 is 0 Å². The van der Waals surface area contributed by atoms with Crippen LogP contribution < -0.4 is 11.1 Å². The van der Waals surface area contributed by atoms with E-state index in [-0.39, 0.29) is 0 Å². The predicted molar refractivity (Wildman–Crippen MR) is 50.7 cm³/mol. The van der Waals surface area contributed by atoms with Gasteiger partial charge in [0.05, 0.1) is 0 Å². The summed E-state index contributed by atoms with van der Waals surface area (Å²) < 4.78 is 0. The minimum Gasteiger partial charge on any atom is -0.330 e. The highest BCUT2D eigenvalue weighted by molar-refractivity contribution is 4.55. The number of rotatable bonds is 2. The molecule has 11 heavy (non-hydrogen) atoms. The lowest BCUT2D eigenvalue weighted by Crippen LogP contribution is -2.21. The van der Waals surface area contributed by atoms with Gasteiger partial charge in [0.2, 0.25) is 0 Å². The summed E-state index contributed by atoms with van der Waals surface area (Å²) in [6.45, 7) is 5.48. The largest absolute Gasteiger partial charge is 0.330 e. The van der Waals surface area contributed by atoms with Gasteiger partial charge in [0.15, 0.2) is 0 Å². The third-order valence-corrected chi connectivity index (χ3v) is 1.76. The highest BCUT2D eigenvalue weighted by Crippen LogP contribution is 1.96. The van der Waals surface area contributed by atoms with Crippen molar-refractivity contribution in [1.82, 2.24) is 5.32 Å². The molecule has 0 radical (unpaired) electrons. The third kappa shape index (κ3) is 9.92. The summed E-state index contributed by atoms with van der Waals surface area (Å²) in [7, 11) is 0. The van der Waals surface area contributed by atoms with E-state index in [4.69, 9.17) is 5.73 Å². The van der Waals surface area contributed by atoms with Crippen molar-refractivity contribution in [2.24, 2.45) is 5.73 Å². The van der Waals surface area contributed by atoms with Crippen LogP contribution in [0.1, 0.15) is 39.0 Å². The molecule has 0 amide bonds. The van der Waals surface area contributed by atoms with Gasteiger partial charge in [0.1, 0.15) is 0 Å². The Balaban J connectivity index is 0.000000187. The first kappa shape index (κ1) is 10.9. The fourth-order valence-electron chi connectivity index (χ4n) is 1.01. The number of piperidine rings is 1. The van der Waals surface area contributed by atoms with Gasteiger partial charge in [-0.15, -0.1) is 0 Å². The molecule has 68 valence electrons. The Morgan fingerprint density at radius 2 is 1.82 bits per heavy atom. The van der Waals surface area contributed by atoms with Crippen LogP contribution >= 0.6 is 0 Å². The second-order valence-electron chi connectivity index (χ2n) is 2.95. The summed E-state index contributed by atoms with van der Waals surface area (Å²) in [6, 6.07) is 0. The molecule has 0 aromatic rings. The van der Waals surface area contributed by atoms with Gasteiger partial charge in [-0.2, -0.15) is 0 Å². The molecule has 0 saturated carbocycles. The molecule has 1 aliphatic rings. The molecule has 1 fully saturated rings. The van der Waals surface area contributed by atoms with Crippen molar-refractivity contribution < 1.29 is 0 Å². The molecular weight excluding hydrogens is 136 g/mol. The normalized spacial score (nSPS) is 16.9. The first-order valence-electron chi connectivity index (χ1n) is 4.82. The van der Waals surface area contributed by atoms with Gasteiger partial charge >= 0.3 is 0 Å². The fraction of sp³-hybridized carbons (Fsp3) is 1.00. The van der Waals surface area contributed by atoms with Gasteiger partial charge in [-0.1, -0.05) is 19.8 Å². The van der Waals surface area contributed by atoms with Crippen LogP contribution in [0.5, 0.6) is 0 Å². The van der Waals surface area contributed by atoms with E-state index in [0.717, 1.165) is 6.54 Å². The Bertz CT molecular complexity index is 47.1. The molecular formula is C9H22N2. The van der Waals surface area contributed by atoms with E-state index < -0.39 is 0 Å². The highest BCUT2D eigenvalue weighted by Gasteiger charge is 1.93. The summed E-state index contributed by atoms with van der Waals surface area (Å²) in [5.74, 6) is 0. The molecule has 0 aliphatic carbocycles.